The summed E-state index contributed by atoms with van der Waals surface area (Å²) in [7, 11) is -32.5. The van der Waals surface area contributed by atoms with E-state index in [4.69, 9.17) is 16.7 Å². The Morgan fingerprint density at radius 1 is 0.295 bits per heavy atom. The molecule has 11 nitrogen and oxygen atoms in total. The summed E-state index contributed by atoms with van der Waals surface area (Å²) < 4.78 is 492. The third-order valence-corrected chi connectivity index (χ3v) is 40.5. The van der Waals surface area contributed by atoms with Gasteiger partial charge in [-0.1, -0.05) is 101 Å². The second kappa shape index (κ2) is 29.4. The summed E-state index contributed by atoms with van der Waals surface area (Å²) >= 11 is -5.19. The molecule has 0 spiro atoms. The van der Waals surface area contributed by atoms with Gasteiger partial charge in [-0.2, -0.15) is 95.9 Å². The molecule has 0 aromatic heterocycles. The quantitative estimate of drug-likeness (QED) is 0.0415. The zero-order chi connectivity index (χ0) is 85.2. The van der Waals surface area contributed by atoms with Crippen molar-refractivity contribution in [3.63, 3.8) is 0 Å². The topological polar surface area (TPSA) is 149 Å². The minimum atomic E-state index is -7.86. The van der Waals surface area contributed by atoms with Crippen molar-refractivity contribution in [1.82, 2.24) is 0 Å². The molecule has 4 aliphatic rings. The molecule has 8 unspecified atom stereocenters. The van der Waals surface area contributed by atoms with Crippen molar-refractivity contribution in [2.45, 2.75) is 154 Å². The van der Waals surface area contributed by atoms with E-state index in [2.05, 4.69) is 2.51 Å². The van der Waals surface area contributed by atoms with Gasteiger partial charge in [0, 0.05) is 0 Å². The maximum absolute atomic E-state index is 16.0. The van der Waals surface area contributed by atoms with Crippen molar-refractivity contribution in [1.29, 1.82) is 0 Å². The molecule has 0 radical (unpaired) electrons. The average molecular weight is 1850 g/mol. The van der Waals surface area contributed by atoms with Crippen LogP contribution in [0.1, 0.15) is 55.4 Å². The first-order valence-corrected chi connectivity index (χ1v) is 42.0. The van der Waals surface area contributed by atoms with Gasteiger partial charge >= 0.3 is 440 Å². The second-order valence-electron chi connectivity index (χ2n) is 26.3. The Morgan fingerprint density at radius 3 is 0.705 bits per heavy atom. The molecule has 4 aliphatic carbocycles. The summed E-state index contributed by atoms with van der Waals surface area (Å²) in [4.78, 5) is -1.07. The minimum Gasteiger partial charge on any atom is -0.0800 e. The molecule has 112 heavy (non-hydrogen) atoms. The molecule has 44 heteroatoms. The molecule has 0 saturated heterocycles. The Labute approximate surface area is 632 Å². The maximum atomic E-state index is 16.0. The van der Waals surface area contributed by atoms with Gasteiger partial charge in [0.15, 0.2) is 0 Å². The van der Waals surface area contributed by atoms with Gasteiger partial charge in [-0.05, 0) is 0 Å². The van der Waals surface area contributed by atoms with Crippen LogP contribution in [-0.2, 0) is 40.1 Å². The fraction of sp³-hybridized carbons (Fsp3) is 0.412. The zero-order valence-electron chi connectivity index (χ0n) is 57.9. The molecule has 0 saturated carbocycles. The van der Waals surface area contributed by atoms with Crippen LogP contribution in [0.25, 0.3) is 0 Å². The van der Waals surface area contributed by atoms with Crippen LogP contribution >= 0.6 is 40.9 Å². The van der Waals surface area contributed by atoms with Crippen molar-refractivity contribution >= 4 is 71.2 Å². The van der Waals surface area contributed by atoms with E-state index in [1.165, 1.54) is 153 Å². The number of rotatable bonds is 27. The predicted molar refractivity (Wildman–Crippen MR) is 365 cm³/mol. The molecule has 0 amide bonds. The third kappa shape index (κ3) is 14.1. The molecule has 4 aromatic rings. The Balaban J connectivity index is 1.21. The van der Waals surface area contributed by atoms with Crippen molar-refractivity contribution in [2.24, 2.45) is 23.7 Å². The minimum absolute atomic E-state index is 0.437. The van der Waals surface area contributed by atoms with Crippen LogP contribution in [0.2, 0.25) is 0 Å². The van der Waals surface area contributed by atoms with E-state index >= 15 is 43.9 Å². The van der Waals surface area contributed by atoms with Crippen LogP contribution in [0.5, 0.6) is 23.0 Å². The normalized spacial score (nSPS) is 26.0. The van der Waals surface area contributed by atoms with E-state index in [0.29, 0.717) is 0 Å². The van der Waals surface area contributed by atoms with Gasteiger partial charge in [0.2, 0.25) is 0 Å². The summed E-state index contributed by atoms with van der Waals surface area (Å²) in [5.41, 5.74) is 0. The van der Waals surface area contributed by atoms with Crippen LogP contribution in [0.4, 0.5) is 119 Å². The van der Waals surface area contributed by atoms with Crippen molar-refractivity contribution in [2.75, 3.05) is 0 Å². The smallest absolute Gasteiger partial charge is 0.0800 e. The molecule has 8 atom stereocenters. The fourth-order valence-corrected chi connectivity index (χ4v) is 34.2. The molecular weight excluding hydrogens is 1790 g/mol. The van der Waals surface area contributed by atoms with E-state index in [-0.39, 0.29) is 0 Å². The van der Waals surface area contributed by atoms with Crippen molar-refractivity contribution in [3.05, 3.63) is 201 Å². The number of allylic oxidation sites excluding steroid dienone is 12. The SMILES string of the molecule is CC1C=CC=CC1(C)S(OS(=O)(=O)C(F)(F)C(F)(F)C(F)(F)C(F)(F)F)(c1ccc(Oc2ccc(I(OS(=O)(=O)C(F)(F)C(F)(F)C(F)(F)C(F)(F)F)c3ccc(Oc4ccc(S(OS(=O)(=O)C(F)(F)C(F)(F)C(F)(F)C(F)(F)F)(C5(C)C=CC=CC5C)C5(C)C=CC=CC5C)cc4)cc3)cc2)cc1)C1(C)C=CC=CC1C. The van der Waals surface area contributed by atoms with E-state index in [1.54, 1.807) is 0 Å². The van der Waals surface area contributed by atoms with Crippen LogP contribution in [0.3, 0.4) is 0 Å². The van der Waals surface area contributed by atoms with Crippen molar-refractivity contribution < 1.29 is 163 Å². The Hall–Kier alpha value is -6.33. The van der Waals surface area contributed by atoms with Gasteiger partial charge in [-0.3, -0.25) is 0 Å². The summed E-state index contributed by atoms with van der Waals surface area (Å²) in [6.07, 6.45) is -2.09. The zero-order valence-corrected chi connectivity index (χ0v) is 64.1. The van der Waals surface area contributed by atoms with Gasteiger partial charge in [0.05, 0.1) is 0 Å². The van der Waals surface area contributed by atoms with Gasteiger partial charge in [0.25, 0.3) is 0 Å². The molecule has 0 bridgehead atoms. The van der Waals surface area contributed by atoms with E-state index in [1.807, 2.05) is 0 Å². The number of benzene rings is 4. The molecule has 0 aliphatic heterocycles. The number of hydrogen-bond acceptors (Lipinski definition) is 11. The van der Waals surface area contributed by atoms with Gasteiger partial charge in [-0.25, -0.2) is 0 Å². The molecule has 0 heterocycles. The number of halogens is 28. The molecule has 4 aromatic carbocycles. The number of ether oxygens (including phenoxy) is 2. The molecule has 0 N–H and O–H groups in total. The van der Waals surface area contributed by atoms with Crippen LogP contribution < -0.4 is 9.47 Å². The summed E-state index contributed by atoms with van der Waals surface area (Å²) in [6.45, 7) is 10.1. The van der Waals surface area contributed by atoms with Gasteiger partial charge < -0.3 is 0 Å². The average Bonchev–Trinajstić information content (AvgIpc) is 0.686. The summed E-state index contributed by atoms with van der Waals surface area (Å²) in [5, 5.41) is -22.3. The van der Waals surface area contributed by atoms with E-state index in [0.717, 1.165) is 97.1 Å². The Morgan fingerprint density at radius 2 is 0.500 bits per heavy atom. The standard InChI is InChI=1S/C68H60F27IO11S5/c1-41-17-9-13-37-53(41,5)108(54(6)38-14-10-18-42(54)2,106-111(99,100)67(92,93)61(77,78)58(71,72)64(84,85)86)51-33-29-49(30-34-51)103-47-25-21-45(22-26-47)96(105-110(97,98)66(90,91)60(75,76)57(69,70)63(81,82)83)46-23-27-48(28-24-46)104-50-31-35-52(36-32-50)109(55(7)39-15-11-19-43(55)3,56(8)40-16-12-20-44(56)4)107-112(101,102)68(94,95)62(79,80)59(73,74)65(87,88)89/h9-44H,1-8H3. The van der Waals surface area contributed by atoms with Gasteiger partial charge in [-0.15, -0.1) is 0 Å². The summed E-state index contributed by atoms with van der Waals surface area (Å²) in [6, 6.07) is 13.3. The molecule has 0 fully saturated rings. The first-order valence-electron chi connectivity index (χ1n) is 31.6. The fourth-order valence-electron chi connectivity index (χ4n) is 12.2. The molecule has 624 valence electrons. The Kier molecular flexibility index (Phi) is 23.9. The summed E-state index contributed by atoms with van der Waals surface area (Å²) in [5.74, 6) is -53.0. The van der Waals surface area contributed by atoms with Crippen LogP contribution in [0, 0.1) is 30.8 Å². The van der Waals surface area contributed by atoms with Crippen LogP contribution in [-0.4, -0.2) is 114 Å². The molecular formula is C68H60F27IO11S5. The van der Waals surface area contributed by atoms with Crippen molar-refractivity contribution in [3.8, 4) is 23.0 Å². The predicted octanol–water partition coefficient (Wildman–Crippen LogP) is 23.3. The van der Waals surface area contributed by atoms with E-state index < -0.39 is 224 Å². The molecule has 8 rings (SSSR count). The Bertz CT molecular complexity index is 4460. The van der Waals surface area contributed by atoms with Gasteiger partial charge in [0.1, 0.15) is 0 Å². The first-order chi connectivity index (χ1) is 50.6. The first kappa shape index (κ1) is 91.2. The third-order valence-electron chi connectivity index (χ3n) is 19.5. The number of hydrogen-bond donors (Lipinski definition) is 0. The monoisotopic (exact) mass is 1850 g/mol. The van der Waals surface area contributed by atoms with Crippen LogP contribution in [0.15, 0.2) is 204 Å². The van der Waals surface area contributed by atoms with E-state index in [9.17, 15) is 99.9 Å². The number of alkyl halides is 27. The second-order valence-corrected chi connectivity index (χ2v) is 43.5.